The fourth-order valence-electron chi connectivity index (χ4n) is 1.86. The van der Waals surface area contributed by atoms with E-state index in [1.807, 2.05) is 13.0 Å². The fourth-order valence-corrected chi connectivity index (χ4v) is 2.48. The van der Waals surface area contributed by atoms with Crippen molar-refractivity contribution in [1.82, 2.24) is 10.5 Å². The van der Waals surface area contributed by atoms with E-state index in [-0.39, 0.29) is 0 Å². The Labute approximate surface area is 121 Å². The van der Waals surface area contributed by atoms with Gasteiger partial charge in [-0.2, -0.15) is 0 Å². The Morgan fingerprint density at radius 3 is 2.95 bits per heavy atom. The normalized spacial score (nSPS) is 10.7. The molecule has 1 N–H and O–H groups in total. The first kappa shape index (κ1) is 14.1. The fraction of sp³-hybridized carbons (Fsp3) is 0.357. The number of halogens is 1. The summed E-state index contributed by atoms with van der Waals surface area (Å²) in [6, 6.07) is 5.93. The average Bonchev–Trinajstić information content (AvgIpc) is 2.88. The standard InChI is InChI=1S/C14H17BrN2O2/c1-3-16-8-11-7-12(15)6-10(2)14(11)18-9-13-4-5-17-19-13/h4-7,16H,3,8-9H2,1-2H3. The Kier molecular flexibility index (Phi) is 4.99. The average molecular weight is 325 g/mol. The molecule has 2 aromatic rings. The molecule has 0 fully saturated rings. The summed E-state index contributed by atoms with van der Waals surface area (Å²) in [5.74, 6) is 1.62. The molecule has 5 heteroatoms. The largest absolute Gasteiger partial charge is 0.485 e. The number of ether oxygens (including phenoxy) is 1. The van der Waals surface area contributed by atoms with Gasteiger partial charge in [-0.25, -0.2) is 0 Å². The number of nitrogens with one attached hydrogen (secondary N) is 1. The highest BCUT2D eigenvalue weighted by Gasteiger charge is 2.10. The minimum Gasteiger partial charge on any atom is -0.485 e. The van der Waals surface area contributed by atoms with Gasteiger partial charge in [0.2, 0.25) is 0 Å². The molecule has 1 aromatic heterocycles. The van der Waals surface area contributed by atoms with E-state index < -0.39 is 0 Å². The SMILES string of the molecule is CCNCc1cc(Br)cc(C)c1OCc1ccno1. The molecule has 0 bridgehead atoms. The predicted octanol–water partition coefficient (Wildman–Crippen LogP) is 3.43. The van der Waals surface area contributed by atoms with Gasteiger partial charge in [0.15, 0.2) is 5.76 Å². The van der Waals surface area contributed by atoms with Gasteiger partial charge in [0.1, 0.15) is 12.4 Å². The van der Waals surface area contributed by atoms with E-state index in [1.165, 1.54) is 0 Å². The topological polar surface area (TPSA) is 47.3 Å². The van der Waals surface area contributed by atoms with Crippen LogP contribution < -0.4 is 10.1 Å². The molecule has 0 unspecified atom stereocenters. The molecule has 0 saturated carbocycles. The summed E-state index contributed by atoms with van der Waals surface area (Å²) >= 11 is 3.52. The van der Waals surface area contributed by atoms with Crippen LogP contribution in [0.1, 0.15) is 23.8 Å². The van der Waals surface area contributed by atoms with Crippen molar-refractivity contribution < 1.29 is 9.26 Å². The molecule has 19 heavy (non-hydrogen) atoms. The molecule has 2 rings (SSSR count). The first-order valence-corrected chi connectivity index (χ1v) is 7.02. The maximum absolute atomic E-state index is 5.87. The lowest BCUT2D eigenvalue weighted by molar-refractivity contribution is 0.245. The molecule has 0 aliphatic rings. The van der Waals surface area contributed by atoms with Crippen molar-refractivity contribution in [3.63, 3.8) is 0 Å². The second-order valence-electron chi connectivity index (χ2n) is 4.26. The van der Waals surface area contributed by atoms with Gasteiger partial charge in [-0.05, 0) is 31.2 Å². The lowest BCUT2D eigenvalue weighted by Crippen LogP contribution is -2.13. The zero-order valence-corrected chi connectivity index (χ0v) is 12.7. The highest BCUT2D eigenvalue weighted by molar-refractivity contribution is 9.10. The molecule has 0 atom stereocenters. The molecule has 1 aromatic carbocycles. The monoisotopic (exact) mass is 324 g/mol. The summed E-state index contributed by atoms with van der Waals surface area (Å²) in [7, 11) is 0. The minimum atomic E-state index is 0.390. The van der Waals surface area contributed by atoms with Crippen LogP contribution in [0, 0.1) is 6.92 Å². The highest BCUT2D eigenvalue weighted by Crippen LogP contribution is 2.28. The van der Waals surface area contributed by atoms with Gasteiger partial charge in [0.25, 0.3) is 0 Å². The Morgan fingerprint density at radius 1 is 1.42 bits per heavy atom. The van der Waals surface area contributed by atoms with Crippen molar-refractivity contribution in [2.45, 2.75) is 27.0 Å². The predicted molar refractivity (Wildman–Crippen MR) is 77.1 cm³/mol. The summed E-state index contributed by atoms with van der Waals surface area (Å²) in [4.78, 5) is 0. The molecule has 102 valence electrons. The van der Waals surface area contributed by atoms with Crippen LogP contribution in [0.25, 0.3) is 0 Å². The maximum Gasteiger partial charge on any atom is 0.174 e. The van der Waals surface area contributed by atoms with Crippen LogP contribution >= 0.6 is 15.9 Å². The number of hydrogen-bond acceptors (Lipinski definition) is 4. The highest BCUT2D eigenvalue weighted by atomic mass is 79.9. The summed E-state index contributed by atoms with van der Waals surface area (Å²) in [6.07, 6.45) is 1.62. The van der Waals surface area contributed by atoms with Gasteiger partial charge in [0.05, 0.1) is 6.20 Å². The second-order valence-corrected chi connectivity index (χ2v) is 5.17. The summed E-state index contributed by atoms with van der Waals surface area (Å²) in [6.45, 7) is 6.22. The zero-order chi connectivity index (χ0) is 13.7. The number of aromatic nitrogens is 1. The Hall–Kier alpha value is -1.33. The minimum absolute atomic E-state index is 0.390. The van der Waals surface area contributed by atoms with Gasteiger partial charge in [0, 0.05) is 22.6 Å². The van der Waals surface area contributed by atoms with Crippen LogP contribution in [-0.4, -0.2) is 11.7 Å². The first-order valence-electron chi connectivity index (χ1n) is 6.22. The summed E-state index contributed by atoms with van der Waals surface area (Å²) < 4.78 is 12.0. The van der Waals surface area contributed by atoms with Crippen LogP contribution in [0.15, 0.2) is 33.4 Å². The molecular formula is C14H17BrN2O2. The third-order valence-electron chi connectivity index (χ3n) is 2.73. The van der Waals surface area contributed by atoms with Gasteiger partial charge in [-0.3, -0.25) is 0 Å². The molecule has 4 nitrogen and oxygen atoms in total. The molecule has 0 spiro atoms. The van der Waals surface area contributed by atoms with E-state index in [2.05, 4.69) is 39.4 Å². The van der Waals surface area contributed by atoms with Gasteiger partial charge < -0.3 is 14.6 Å². The smallest absolute Gasteiger partial charge is 0.174 e. The van der Waals surface area contributed by atoms with Crippen molar-refractivity contribution in [1.29, 1.82) is 0 Å². The Morgan fingerprint density at radius 2 is 2.26 bits per heavy atom. The molecular weight excluding hydrogens is 308 g/mol. The van der Waals surface area contributed by atoms with Crippen molar-refractivity contribution in [2.75, 3.05) is 6.54 Å². The Bertz CT molecular complexity index is 526. The van der Waals surface area contributed by atoms with Crippen LogP contribution in [-0.2, 0) is 13.2 Å². The van der Waals surface area contributed by atoms with Crippen LogP contribution in [0.4, 0.5) is 0 Å². The van der Waals surface area contributed by atoms with E-state index in [9.17, 15) is 0 Å². The number of aryl methyl sites for hydroxylation is 1. The molecule has 0 saturated heterocycles. The summed E-state index contributed by atoms with van der Waals surface area (Å²) in [5, 5.41) is 6.98. The Balaban J connectivity index is 2.16. The van der Waals surface area contributed by atoms with E-state index in [0.717, 1.165) is 40.2 Å². The van der Waals surface area contributed by atoms with Gasteiger partial charge >= 0.3 is 0 Å². The van der Waals surface area contributed by atoms with Gasteiger partial charge in [-0.15, -0.1) is 0 Å². The number of nitrogens with zero attached hydrogens (tertiary/aromatic N) is 1. The van der Waals surface area contributed by atoms with E-state index in [4.69, 9.17) is 9.26 Å². The van der Waals surface area contributed by atoms with E-state index in [0.29, 0.717) is 6.61 Å². The van der Waals surface area contributed by atoms with E-state index >= 15 is 0 Å². The maximum atomic E-state index is 5.87. The molecule has 0 radical (unpaired) electrons. The van der Waals surface area contributed by atoms with Crippen molar-refractivity contribution >= 4 is 15.9 Å². The second kappa shape index (κ2) is 6.73. The van der Waals surface area contributed by atoms with Gasteiger partial charge in [-0.1, -0.05) is 28.0 Å². The van der Waals surface area contributed by atoms with E-state index in [1.54, 1.807) is 12.3 Å². The first-order chi connectivity index (χ1) is 9.20. The molecule has 0 aliphatic heterocycles. The van der Waals surface area contributed by atoms with Crippen LogP contribution in [0.3, 0.4) is 0 Å². The van der Waals surface area contributed by atoms with Crippen LogP contribution in [0.5, 0.6) is 5.75 Å². The lowest BCUT2D eigenvalue weighted by atomic mass is 10.1. The van der Waals surface area contributed by atoms with Crippen molar-refractivity contribution in [3.8, 4) is 5.75 Å². The number of hydrogen-bond donors (Lipinski definition) is 1. The lowest BCUT2D eigenvalue weighted by Gasteiger charge is -2.14. The third-order valence-corrected chi connectivity index (χ3v) is 3.19. The number of rotatable bonds is 6. The zero-order valence-electron chi connectivity index (χ0n) is 11.1. The van der Waals surface area contributed by atoms with Crippen LogP contribution in [0.2, 0.25) is 0 Å². The number of benzene rings is 1. The summed E-state index contributed by atoms with van der Waals surface area (Å²) in [5.41, 5.74) is 2.23. The molecule has 0 aliphatic carbocycles. The van der Waals surface area contributed by atoms with Crippen molar-refractivity contribution in [2.24, 2.45) is 0 Å². The quantitative estimate of drug-likeness (QED) is 0.884. The molecule has 0 amide bonds. The molecule has 1 heterocycles. The third kappa shape index (κ3) is 3.81. The van der Waals surface area contributed by atoms with Crippen molar-refractivity contribution in [3.05, 3.63) is 45.8 Å².